The minimum Gasteiger partial charge on any atom is -0.383 e. The van der Waals surface area contributed by atoms with Gasteiger partial charge < -0.3 is 20.7 Å². The summed E-state index contributed by atoms with van der Waals surface area (Å²) in [6.45, 7) is 4.13. The molecule has 27 heavy (non-hydrogen) atoms. The molecule has 1 aromatic carbocycles. The summed E-state index contributed by atoms with van der Waals surface area (Å²) < 4.78 is 4.91. The molecule has 0 aromatic heterocycles. The molecular weight excluding hydrogens is 457 g/mol. The van der Waals surface area contributed by atoms with E-state index < -0.39 is 0 Å². The number of nitrogens with one attached hydrogen (secondary N) is 3. The lowest BCUT2D eigenvalue weighted by Gasteiger charge is -2.25. The lowest BCUT2D eigenvalue weighted by molar-refractivity contribution is -0.120. The van der Waals surface area contributed by atoms with Crippen LogP contribution in [0.5, 0.6) is 0 Å². The van der Waals surface area contributed by atoms with Gasteiger partial charge in [-0.2, -0.15) is 0 Å². The van der Waals surface area contributed by atoms with Gasteiger partial charge in [0.25, 0.3) is 0 Å². The number of carbonyl (C=O) groups excluding carboxylic acids is 1. The number of hydrogen-bond donors (Lipinski definition) is 3. The third-order valence-electron chi connectivity index (χ3n) is 4.50. The molecule has 0 bridgehead atoms. The van der Waals surface area contributed by atoms with Crippen molar-refractivity contribution in [2.24, 2.45) is 4.99 Å². The van der Waals surface area contributed by atoms with Crippen molar-refractivity contribution in [3.05, 3.63) is 35.9 Å². The number of aliphatic imine (C=N–C) groups is 1. The zero-order valence-corrected chi connectivity index (χ0v) is 18.6. The van der Waals surface area contributed by atoms with E-state index in [0.717, 1.165) is 19.6 Å². The molecule has 0 spiro atoms. The van der Waals surface area contributed by atoms with Crippen LogP contribution in [-0.2, 0) is 16.1 Å². The monoisotopic (exact) mass is 489 g/mol. The molecule has 1 heterocycles. The minimum atomic E-state index is -0.0726. The van der Waals surface area contributed by atoms with Crippen LogP contribution in [0.4, 0.5) is 0 Å². The van der Waals surface area contributed by atoms with Crippen molar-refractivity contribution in [1.29, 1.82) is 0 Å². The summed E-state index contributed by atoms with van der Waals surface area (Å²) in [5, 5.41) is 9.17. The lowest BCUT2D eigenvalue weighted by Crippen LogP contribution is -2.47. The van der Waals surface area contributed by atoms with Gasteiger partial charge >= 0.3 is 0 Å². The molecular formula is C19H32IN5O2. The second kappa shape index (κ2) is 13.7. The first kappa shape index (κ1) is 23.6. The van der Waals surface area contributed by atoms with Crippen molar-refractivity contribution < 1.29 is 9.53 Å². The van der Waals surface area contributed by atoms with Crippen LogP contribution in [0.1, 0.15) is 18.4 Å². The van der Waals surface area contributed by atoms with Crippen LogP contribution in [0.3, 0.4) is 0 Å². The van der Waals surface area contributed by atoms with E-state index in [4.69, 9.17) is 4.74 Å². The Bertz CT molecular complexity index is 570. The number of likely N-dealkylation sites (tertiary alicyclic amines) is 1. The predicted molar refractivity (Wildman–Crippen MR) is 120 cm³/mol. The maximum atomic E-state index is 11.7. The molecule has 8 heteroatoms. The molecule has 0 aliphatic carbocycles. The molecule has 3 N–H and O–H groups in total. The highest BCUT2D eigenvalue weighted by Crippen LogP contribution is 2.19. The topological polar surface area (TPSA) is 78.0 Å². The Balaban J connectivity index is 0.00000364. The van der Waals surface area contributed by atoms with Gasteiger partial charge in [0.15, 0.2) is 5.96 Å². The zero-order valence-electron chi connectivity index (χ0n) is 16.2. The number of halogens is 1. The molecule has 1 amide bonds. The van der Waals surface area contributed by atoms with Crippen molar-refractivity contribution in [2.45, 2.75) is 25.4 Å². The van der Waals surface area contributed by atoms with Crippen molar-refractivity contribution >= 4 is 35.8 Å². The average Bonchev–Trinajstić information content (AvgIpc) is 3.10. The first-order chi connectivity index (χ1) is 12.7. The molecule has 2 rings (SSSR count). The fraction of sp³-hybridized carbons (Fsp3) is 0.579. The van der Waals surface area contributed by atoms with Gasteiger partial charge in [-0.15, -0.1) is 24.0 Å². The Kier molecular flexibility index (Phi) is 12.0. The molecule has 0 radical (unpaired) electrons. The molecule has 1 aliphatic rings. The van der Waals surface area contributed by atoms with Gasteiger partial charge in [-0.1, -0.05) is 30.3 Å². The van der Waals surface area contributed by atoms with Crippen LogP contribution in [0.15, 0.2) is 35.3 Å². The summed E-state index contributed by atoms with van der Waals surface area (Å²) in [6, 6.07) is 11.0. The van der Waals surface area contributed by atoms with E-state index in [1.54, 1.807) is 14.2 Å². The van der Waals surface area contributed by atoms with Gasteiger partial charge in [-0.3, -0.25) is 14.7 Å². The number of rotatable bonds is 9. The van der Waals surface area contributed by atoms with Gasteiger partial charge in [-0.05, 0) is 24.9 Å². The van der Waals surface area contributed by atoms with E-state index in [-0.39, 0.29) is 36.4 Å². The van der Waals surface area contributed by atoms with Crippen molar-refractivity contribution in [2.75, 3.05) is 46.9 Å². The van der Waals surface area contributed by atoms with Gasteiger partial charge in [0, 0.05) is 39.8 Å². The maximum Gasteiger partial charge on any atom is 0.239 e. The predicted octanol–water partition coefficient (Wildman–Crippen LogP) is 1.20. The fourth-order valence-electron chi connectivity index (χ4n) is 3.11. The van der Waals surface area contributed by atoms with Gasteiger partial charge in [0.05, 0.1) is 13.2 Å². The Morgan fingerprint density at radius 2 is 2.04 bits per heavy atom. The second-order valence-electron chi connectivity index (χ2n) is 6.40. The first-order valence-corrected chi connectivity index (χ1v) is 9.21. The normalized spacial score (nSPS) is 17.3. The van der Waals surface area contributed by atoms with Crippen LogP contribution in [0, 0.1) is 0 Å². The van der Waals surface area contributed by atoms with Crippen LogP contribution in [-0.4, -0.2) is 69.8 Å². The molecule has 1 aliphatic heterocycles. The van der Waals surface area contributed by atoms with Crippen LogP contribution in [0.25, 0.3) is 0 Å². The van der Waals surface area contributed by atoms with Crippen molar-refractivity contribution in [3.63, 3.8) is 0 Å². The summed E-state index contributed by atoms with van der Waals surface area (Å²) in [4.78, 5) is 18.4. The molecule has 1 fully saturated rings. The Hall–Kier alpha value is -1.39. The molecule has 1 unspecified atom stereocenters. The Labute approximate surface area is 179 Å². The van der Waals surface area contributed by atoms with E-state index in [2.05, 4.69) is 50.1 Å². The maximum absolute atomic E-state index is 11.7. The number of nitrogens with zero attached hydrogens (tertiary/aromatic N) is 2. The van der Waals surface area contributed by atoms with Crippen LogP contribution in [0.2, 0.25) is 0 Å². The molecule has 152 valence electrons. The largest absolute Gasteiger partial charge is 0.383 e. The quantitative estimate of drug-likeness (QED) is 0.210. The Morgan fingerprint density at radius 1 is 1.26 bits per heavy atom. The smallest absolute Gasteiger partial charge is 0.239 e. The fourth-order valence-corrected chi connectivity index (χ4v) is 3.11. The van der Waals surface area contributed by atoms with Gasteiger partial charge in [-0.25, -0.2) is 0 Å². The molecule has 7 nitrogen and oxygen atoms in total. The average molecular weight is 489 g/mol. The molecule has 0 saturated carbocycles. The molecule has 1 saturated heterocycles. The highest BCUT2D eigenvalue weighted by Gasteiger charge is 2.24. The van der Waals surface area contributed by atoms with Crippen LogP contribution < -0.4 is 16.0 Å². The number of benzene rings is 1. The van der Waals surface area contributed by atoms with E-state index in [9.17, 15) is 4.79 Å². The zero-order chi connectivity index (χ0) is 18.6. The van der Waals surface area contributed by atoms with Crippen LogP contribution >= 0.6 is 24.0 Å². The van der Waals surface area contributed by atoms with Gasteiger partial charge in [0.1, 0.15) is 0 Å². The van der Waals surface area contributed by atoms with Gasteiger partial charge in [0.2, 0.25) is 5.91 Å². The number of amides is 1. The number of ether oxygens (including phenoxy) is 1. The number of carbonyl (C=O) groups is 1. The summed E-state index contributed by atoms with van der Waals surface area (Å²) >= 11 is 0. The summed E-state index contributed by atoms with van der Waals surface area (Å²) in [7, 11) is 3.33. The summed E-state index contributed by atoms with van der Waals surface area (Å²) in [5.41, 5.74) is 1.34. The highest BCUT2D eigenvalue weighted by atomic mass is 127. The summed E-state index contributed by atoms with van der Waals surface area (Å²) in [5.74, 6) is 0.579. The third kappa shape index (κ3) is 8.89. The number of methoxy groups -OCH3 is 1. The first-order valence-electron chi connectivity index (χ1n) is 9.21. The third-order valence-corrected chi connectivity index (χ3v) is 4.50. The van der Waals surface area contributed by atoms with E-state index in [0.29, 0.717) is 25.2 Å². The van der Waals surface area contributed by atoms with E-state index in [1.807, 2.05) is 6.07 Å². The molecule has 1 atom stereocenters. The van der Waals surface area contributed by atoms with E-state index in [1.165, 1.54) is 18.4 Å². The lowest BCUT2D eigenvalue weighted by atomic mass is 10.2. The molecule has 1 aromatic rings. The Morgan fingerprint density at radius 3 is 2.74 bits per heavy atom. The second-order valence-corrected chi connectivity index (χ2v) is 6.40. The highest BCUT2D eigenvalue weighted by molar-refractivity contribution is 14.0. The standard InChI is InChI=1S/C19H31N5O2.HI/c1-20-19(23-14-18(25)21-10-12-26-2)22-13-17-9-6-11-24(17)15-16-7-4-3-5-8-16;/h3-5,7-8,17H,6,9-15H2,1-2H3,(H,21,25)(H2,20,22,23);1H. The van der Waals surface area contributed by atoms with Crippen molar-refractivity contribution in [1.82, 2.24) is 20.9 Å². The summed E-state index contributed by atoms with van der Waals surface area (Å²) in [6.07, 6.45) is 2.39. The van der Waals surface area contributed by atoms with Crippen molar-refractivity contribution in [3.8, 4) is 0 Å². The number of guanidine groups is 1. The number of hydrogen-bond acceptors (Lipinski definition) is 4. The van der Waals surface area contributed by atoms with E-state index >= 15 is 0 Å². The minimum absolute atomic E-state index is 0. The SMILES string of the molecule is CN=C(NCC(=O)NCCOC)NCC1CCCN1Cc1ccccc1.I.